The van der Waals surface area contributed by atoms with Gasteiger partial charge in [0.05, 0.1) is 10.4 Å². The summed E-state index contributed by atoms with van der Waals surface area (Å²) in [6.45, 7) is 1.13. The van der Waals surface area contributed by atoms with E-state index in [0.29, 0.717) is 0 Å². The molecule has 84 valence electrons. The molecule has 0 aliphatic heterocycles. The smallest absolute Gasteiger partial charge is 0.0701 e. The Bertz CT molecular complexity index is 320. The summed E-state index contributed by atoms with van der Waals surface area (Å²) in [5.74, 6) is 0. The summed E-state index contributed by atoms with van der Waals surface area (Å²) < 4.78 is 1.17. The third kappa shape index (κ3) is 2.81. The molecule has 4 heteroatoms. The molecular formula is C11H16BrNOS. The molecule has 0 amide bonds. The van der Waals surface area contributed by atoms with Gasteiger partial charge in [0.15, 0.2) is 0 Å². The van der Waals surface area contributed by atoms with Crippen LogP contribution < -0.4 is 5.32 Å². The third-order valence-electron chi connectivity index (χ3n) is 3.15. The van der Waals surface area contributed by atoms with Gasteiger partial charge in [0.25, 0.3) is 0 Å². The maximum atomic E-state index is 9.43. The fourth-order valence-electron chi connectivity index (χ4n) is 2.17. The van der Waals surface area contributed by atoms with Gasteiger partial charge in [-0.05, 0) is 45.8 Å². The van der Waals surface area contributed by atoms with Crippen molar-refractivity contribution in [1.82, 2.24) is 5.32 Å². The van der Waals surface area contributed by atoms with E-state index in [1.807, 2.05) is 0 Å². The average Bonchev–Trinajstić information content (AvgIpc) is 2.85. The monoisotopic (exact) mass is 289 g/mol. The normalized spacial score (nSPS) is 19.6. The Morgan fingerprint density at radius 1 is 1.47 bits per heavy atom. The minimum Gasteiger partial charge on any atom is -0.394 e. The average molecular weight is 290 g/mol. The fraction of sp³-hybridized carbons (Fsp3) is 0.636. The highest BCUT2D eigenvalue weighted by Crippen LogP contribution is 2.30. The van der Waals surface area contributed by atoms with Gasteiger partial charge in [-0.2, -0.15) is 0 Å². The van der Waals surface area contributed by atoms with Gasteiger partial charge in [0, 0.05) is 12.1 Å². The minimum atomic E-state index is -0.00554. The zero-order valence-corrected chi connectivity index (χ0v) is 11.0. The maximum Gasteiger partial charge on any atom is 0.0701 e. The molecule has 1 aliphatic carbocycles. The SMILES string of the molecule is OCC1(NCc2csc(Br)c2)CCCC1. The predicted molar refractivity (Wildman–Crippen MR) is 67.1 cm³/mol. The van der Waals surface area contributed by atoms with Crippen LogP contribution >= 0.6 is 27.3 Å². The van der Waals surface area contributed by atoms with E-state index in [9.17, 15) is 5.11 Å². The highest BCUT2D eigenvalue weighted by molar-refractivity contribution is 9.11. The van der Waals surface area contributed by atoms with E-state index in [0.717, 1.165) is 19.4 Å². The predicted octanol–water partition coefficient (Wildman–Crippen LogP) is 2.91. The Morgan fingerprint density at radius 2 is 2.20 bits per heavy atom. The molecule has 1 aromatic heterocycles. The van der Waals surface area contributed by atoms with Gasteiger partial charge in [-0.1, -0.05) is 12.8 Å². The Balaban J connectivity index is 1.91. The maximum absolute atomic E-state index is 9.43. The van der Waals surface area contributed by atoms with Crippen LogP contribution in [-0.4, -0.2) is 17.3 Å². The largest absolute Gasteiger partial charge is 0.394 e. The quantitative estimate of drug-likeness (QED) is 0.893. The van der Waals surface area contributed by atoms with E-state index >= 15 is 0 Å². The number of hydrogen-bond donors (Lipinski definition) is 2. The van der Waals surface area contributed by atoms with Gasteiger partial charge in [-0.15, -0.1) is 11.3 Å². The van der Waals surface area contributed by atoms with Gasteiger partial charge in [0.1, 0.15) is 0 Å². The summed E-state index contributed by atoms with van der Waals surface area (Å²) in [6, 6.07) is 2.14. The van der Waals surface area contributed by atoms with Crippen LogP contribution in [0.1, 0.15) is 31.2 Å². The van der Waals surface area contributed by atoms with Gasteiger partial charge < -0.3 is 10.4 Å². The molecule has 1 heterocycles. The van der Waals surface area contributed by atoms with E-state index in [2.05, 4.69) is 32.7 Å². The van der Waals surface area contributed by atoms with Crippen LogP contribution in [0.2, 0.25) is 0 Å². The molecule has 2 nitrogen and oxygen atoms in total. The summed E-state index contributed by atoms with van der Waals surface area (Å²) in [6.07, 6.45) is 4.69. The highest BCUT2D eigenvalue weighted by Gasteiger charge is 2.32. The Kier molecular flexibility index (Phi) is 3.83. The van der Waals surface area contributed by atoms with Crippen molar-refractivity contribution in [1.29, 1.82) is 0 Å². The summed E-state index contributed by atoms with van der Waals surface area (Å²) in [7, 11) is 0. The molecule has 15 heavy (non-hydrogen) atoms. The lowest BCUT2D eigenvalue weighted by atomic mass is 9.99. The second-order valence-corrected chi connectivity index (χ2v) is 6.55. The van der Waals surface area contributed by atoms with Crippen molar-refractivity contribution in [2.24, 2.45) is 0 Å². The van der Waals surface area contributed by atoms with Crippen LogP contribution in [0.3, 0.4) is 0 Å². The summed E-state index contributed by atoms with van der Waals surface area (Å²) >= 11 is 5.17. The lowest BCUT2D eigenvalue weighted by Crippen LogP contribution is -2.45. The van der Waals surface area contributed by atoms with Crippen molar-refractivity contribution in [3.05, 3.63) is 20.8 Å². The molecular weight excluding hydrogens is 274 g/mol. The molecule has 1 fully saturated rings. The van der Waals surface area contributed by atoms with Crippen LogP contribution in [-0.2, 0) is 6.54 Å². The molecule has 0 radical (unpaired) electrons. The topological polar surface area (TPSA) is 32.3 Å². The molecule has 1 aliphatic rings. The zero-order chi connectivity index (χ0) is 10.7. The van der Waals surface area contributed by atoms with Crippen LogP contribution in [0.5, 0.6) is 0 Å². The first-order valence-electron chi connectivity index (χ1n) is 5.33. The fourth-order valence-corrected chi connectivity index (χ4v) is 3.38. The van der Waals surface area contributed by atoms with E-state index < -0.39 is 0 Å². The first-order valence-corrected chi connectivity index (χ1v) is 7.00. The Hall–Kier alpha value is 0.100. The van der Waals surface area contributed by atoms with Crippen LogP contribution in [0.4, 0.5) is 0 Å². The van der Waals surface area contributed by atoms with E-state index in [-0.39, 0.29) is 12.1 Å². The molecule has 1 aromatic rings. The standard InChI is InChI=1S/C11H16BrNOS/c12-10-5-9(7-15-10)6-13-11(8-14)3-1-2-4-11/h5,7,13-14H,1-4,6,8H2. The number of halogens is 1. The van der Waals surface area contributed by atoms with E-state index in [1.165, 1.54) is 22.2 Å². The number of hydrogen-bond acceptors (Lipinski definition) is 3. The molecule has 0 bridgehead atoms. The van der Waals surface area contributed by atoms with Gasteiger partial charge in [-0.3, -0.25) is 0 Å². The van der Waals surface area contributed by atoms with E-state index in [4.69, 9.17) is 0 Å². The third-order valence-corrected chi connectivity index (χ3v) is 4.71. The Labute approximate surface area is 103 Å². The number of thiophene rings is 1. The van der Waals surface area contributed by atoms with Crippen molar-refractivity contribution in [2.45, 2.75) is 37.8 Å². The van der Waals surface area contributed by atoms with Crippen LogP contribution in [0.25, 0.3) is 0 Å². The van der Waals surface area contributed by atoms with Gasteiger partial charge in [-0.25, -0.2) is 0 Å². The molecule has 0 aromatic carbocycles. The molecule has 1 saturated carbocycles. The van der Waals surface area contributed by atoms with Crippen molar-refractivity contribution >= 4 is 27.3 Å². The first-order chi connectivity index (χ1) is 7.24. The summed E-state index contributed by atoms with van der Waals surface area (Å²) in [5.41, 5.74) is 1.29. The summed E-state index contributed by atoms with van der Waals surface area (Å²) in [4.78, 5) is 0. The van der Waals surface area contributed by atoms with Crippen LogP contribution in [0, 0.1) is 0 Å². The Morgan fingerprint density at radius 3 is 2.73 bits per heavy atom. The lowest BCUT2D eigenvalue weighted by Gasteiger charge is -2.27. The minimum absolute atomic E-state index is 0.00554. The number of rotatable bonds is 4. The molecule has 0 spiro atoms. The molecule has 0 unspecified atom stereocenters. The van der Waals surface area contributed by atoms with Crippen molar-refractivity contribution in [3.63, 3.8) is 0 Å². The molecule has 2 N–H and O–H groups in total. The van der Waals surface area contributed by atoms with Crippen molar-refractivity contribution in [2.75, 3.05) is 6.61 Å². The highest BCUT2D eigenvalue weighted by atomic mass is 79.9. The lowest BCUT2D eigenvalue weighted by molar-refractivity contribution is 0.163. The summed E-state index contributed by atoms with van der Waals surface area (Å²) in [5, 5.41) is 15.1. The second kappa shape index (κ2) is 4.95. The van der Waals surface area contributed by atoms with Crippen LogP contribution in [0.15, 0.2) is 15.2 Å². The van der Waals surface area contributed by atoms with E-state index in [1.54, 1.807) is 11.3 Å². The van der Waals surface area contributed by atoms with Gasteiger partial charge >= 0.3 is 0 Å². The number of aliphatic hydroxyl groups excluding tert-OH is 1. The second-order valence-electron chi connectivity index (χ2n) is 4.26. The number of aliphatic hydroxyl groups is 1. The number of nitrogens with one attached hydrogen (secondary N) is 1. The molecule has 0 atom stereocenters. The zero-order valence-electron chi connectivity index (χ0n) is 8.63. The molecule has 0 saturated heterocycles. The van der Waals surface area contributed by atoms with Gasteiger partial charge in [0.2, 0.25) is 0 Å². The van der Waals surface area contributed by atoms with Crippen molar-refractivity contribution in [3.8, 4) is 0 Å². The van der Waals surface area contributed by atoms with Crippen molar-refractivity contribution < 1.29 is 5.11 Å². The first kappa shape index (κ1) is 11.6. The molecule has 2 rings (SSSR count).